The van der Waals surface area contributed by atoms with Gasteiger partial charge in [-0.3, -0.25) is 0 Å². The quantitative estimate of drug-likeness (QED) is 0.809. The summed E-state index contributed by atoms with van der Waals surface area (Å²) in [5.41, 5.74) is 1.28. The maximum atomic E-state index is 5.40. The van der Waals surface area contributed by atoms with Crippen LogP contribution in [0.5, 0.6) is 5.75 Å². The fourth-order valence-corrected chi connectivity index (χ4v) is 3.17. The van der Waals surface area contributed by atoms with Crippen molar-refractivity contribution in [3.63, 3.8) is 0 Å². The first-order valence-corrected chi connectivity index (χ1v) is 8.38. The monoisotopic (exact) mass is 290 g/mol. The summed E-state index contributed by atoms with van der Waals surface area (Å²) in [7, 11) is 1.74. The summed E-state index contributed by atoms with van der Waals surface area (Å²) in [6, 6.07) is 9.55. The minimum absolute atomic E-state index is 0.565. The molecule has 2 atom stereocenters. The van der Waals surface area contributed by atoms with Gasteiger partial charge < -0.3 is 15.4 Å². The molecule has 1 saturated heterocycles. The molecule has 1 heterocycles. The Hall–Kier alpha value is -1.06. The highest BCUT2D eigenvalue weighted by atomic mass is 16.5. The SMILES string of the molecule is COc1ccccc1CCNC(C)CC1CCCCCN1. The molecule has 1 aliphatic heterocycles. The molecule has 2 N–H and O–H groups in total. The Kier molecular flexibility index (Phi) is 7.04. The predicted octanol–water partition coefficient (Wildman–Crippen LogP) is 3.14. The van der Waals surface area contributed by atoms with Crippen molar-refractivity contribution >= 4 is 0 Å². The third-order valence-electron chi connectivity index (χ3n) is 4.38. The van der Waals surface area contributed by atoms with E-state index in [1.165, 1.54) is 44.2 Å². The highest BCUT2D eigenvalue weighted by molar-refractivity contribution is 5.33. The Labute approximate surface area is 129 Å². The van der Waals surface area contributed by atoms with E-state index < -0.39 is 0 Å². The maximum absolute atomic E-state index is 5.40. The smallest absolute Gasteiger partial charge is 0.122 e. The van der Waals surface area contributed by atoms with E-state index in [2.05, 4.69) is 29.7 Å². The third kappa shape index (κ3) is 5.68. The normalized spacial score (nSPS) is 20.8. The zero-order valence-corrected chi connectivity index (χ0v) is 13.5. The number of rotatable bonds is 7. The molecule has 21 heavy (non-hydrogen) atoms. The second-order valence-electron chi connectivity index (χ2n) is 6.15. The molecule has 0 aliphatic carbocycles. The highest BCUT2D eigenvalue weighted by Gasteiger charge is 2.14. The van der Waals surface area contributed by atoms with Gasteiger partial charge in [0.15, 0.2) is 0 Å². The number of ether oxygens (including phenoxy) is 1. The van der Waals surface area contributed by atoms with Crippen LogP contribution in [-0.4, -0.2) is 32.3 Å². The molecule has 2 rings (SSSR count). The lowest BCUT2D eigenvalue weighted by atomic mass is 10.0. The Morgan fingerprint density at radius 2 is 2.14 bits per heavy atom. The average Bonchev–Trinajstić information content (AvgIpc) is 2.76. The van der Waals surface area contributed by atoms with Crippen molar-refractivity contribution in [2.45, 2.75) is 57.5 Å². The largest absolute Gasteiger partial charge is 0.496 e. The number of para-hydroxylation sites is 1. The first-order chi connectivity index (χ1) is 10.3. The summed E-state index contributed by atoms with van der Waals surface area (Å²) in [6.45, 7) is 4.50. The average molecular weight is 290 g/mol. The summed E-state index contributed by atoms with van der Waals surface area (Å²) in [4.78, 5) is 0. The van der Waals surface area contributed by atoms with E-state index >= 15 is 0 Å². The lowest BCUT2D eigenvalue weighted by molar-refractivity contribution is 0.398. The molecule has 0 saturated carbocycles. The lowest BCUT2D eigenvalue weighted by Gasteiger charge is -2.21. The van der Waals surface area contributed by atoms with E-state index in [1.54, 1.807) is 7.11 Å². The Morgan fingerprint density at radius 3 is 3.00 bits per heavy atom. The van der Waals surface area contributed by atoms with Crippen LogP contribution >= 0.6 is 0 Å². The van der Waals surface area contributed by atoms with Crippen molar-refractivity contribution < 1.29 is 4.74 Å². The van der Waals surface area contributed by atoms with Crippen LogP contribution in [-0.2, 0) is 6.42 Å². The van der Waals surface area contributed by atoms with Gasteiger partial charge >= 0.3 is 0 Å². The van der Waals surface area contributed by atoms with E-state index in [-0.39, 0.29) is 0 Å². The van der Waals surface area contributed by atoms with Gasteiger partial charge in [0.2, 0.25) is 0 Å². The number of methoxy groups -OCH3 is 1. The number of nitrogens with one attached hydrogen (secondary N) is 2. The molecule has 0 bridgehead atoms. The van der Waals surface area contributed by atoms with E-state index in [1.807, 2.05) is 12.1 Å². The molecule has 0 amide bonds. The highest BCUT2D eigenvalue weighted by Crippen LogP contribution is 2.17. The zero-order valence-electron chi connectivity index (χ0n) is 13.5. The molecule has 1 aromatic carbocycles. The molecule has 0 radical (unpaired) electrons. The van der Waals surface area contributed by atoms with E-state index in [0.717, 1.165) is 18.7 Å². The summed E-state index contributed by atoms with van der Waals surface area (Å²) in [6.07, 6.45) is 7.69. The van der Waals surface area contributed by atoms with Crippen LogP contribution in [0.1, 0.15) is 44.6 Å². The molecule has 1 fully saturated rings. The zero-order chi connectivity index (χ0) is 14.9. The van der Waals surface area contributed by atoms with E-state index in [9.17, 15) is 0 Å². The van der Waals surface area contributed by atoms with E-state index in [0.29, 0.717) is 12.1 Å². The van der Waals surface area contributed by atoms with Gasteiger partial charge in [-0.05, 0) is 57.3 Å². The summed E-state index contributed by atoms with van der Waals surface area (Å²) >= 11 is 0. The van der Waals surface area contributed by atoms with Gasteiger partial charge in [0.1, 0.15) is 5.75 Å². The molecule has 0 spiro atoms. The van der Waals surface area contributed by atoms with Gasteiger partial charge in [0, 0.05) is 12.1 Å². The topological polar surface area (TPSA) is 33.3 Å². The Balaban J connectivity index is 1.69. The van der Waals surface area contributed by atoms with Crippen LogP contribution in [0, 0.1) is 0 Å². The van der Waals surface area contributed by atoms with Crippen LogP contribution in [0.2, 0.25) is 0 Å². The van der Waals surface area contributed by atoms with Gasteiger partial charge in [-0.1, -0.05) is 31.0 Å². The molecule has 3 heteroatoms. The number of hydrogen-bond acceptors (Lipinski definition) is 3. The fourth-order valence-electron chi connectivity index (χ4n) is 3.17. The third-order valence-corrected chi connectivity index (χ3v) is 4.38. The van der Waals surface area contributed by atoms with Gasteiger partial charge in [-0.2, -0.15) is 0 Å². The Morgan fingerprint density at radius 1 is 1.29 bits per heavy atom. The number of hydrogen-bond donors (Lipinski definition) is 2. The molecule has 3 nitrogen and oxygen atoms in total. The fraction of sp³-hybridized carbons (Fsp3) is 0.667. The number of benzene rings is 1. The minimum Gasteiger partial charge on any atom is -0.496 e. The van der Waals surface area contributed by atoms with Crippen LogP contribution in [0.15, 0.2) is 24.3 Å². The predicted molar refractivity (Wildman–Crippen MR) is 89.0 cm³/mol. The molecule has 2 unspecified atom stereocenters. The first-order valence-electron chi connectivity index (χ1n) is 8.38. The van der Waals surface area contributed by atoms with Crippen LogP contribution in [0.4, 0.5) is 0 Å². The molecule has 118 valence electrons. The van der Waals surface area contributed by atoms with Gasteiger partial charge in [-0.25, -0.2) is 0 Å². The van der Waals surface area contributed by atoms with Gasteiger partial charge in [0.25, 0.3) is 0 Å². The van der Waals surface area contributed by atoms with Crippen molar-refractivity contribution in [1.82, 2.24) is 10.6 Å². The molecule has 1 aliphatic rings. The molecule has 0 aromatic heterocycles. The summed E-state index contributed by atoms with van der Waals surface area (Å²) in [5.74, 6) is 0.998. The van der Waals surface area contributed by atoms with Crippen molar-refractivity contribution in [1.29, 1.82) is 0 Å². The van der Waals surface area contributed by atoms with Crippen molar-refractivity contribution in [3.8, 4) is 5.75 Å². The van der Waals surface area contributed by atoms with Crippen molar-refractivity contribution in [2.75, 3.05) is 20.2 Å². The maximum Gasteiger partial charge on any atom is 0.122 e. The van der Waals surface area contributed by atoms with Crippen LogP contribution in [0.25, 0.3) is 0 Å². The van der Waals surface area contributed by atoms with Gasteiger partial charge in [0.05, 0.1) is 7.11 Å². The molecular formula is C18H30N2O. The minimum atomic E-state index is 0.565. The van der Waals surface area contributed by atoms with Gasteiger partial charge in [-0.15, -0.1) is 0 Å². The molecular weight excluding hydrogens is 260 g/mol. The second-order valence-corrected chi connectivity index (χ2v) is 6.15. The van der Waals surface area contributed by atoms with E-state index in [4.69, 9.17) is 4.74 Å². The van der Waals surface area contributed by atoms with Crippen molar-refractivity contribution in [3.05, 3.63) is 29.8 Å². The van der Waals surface area contributed by atoms with Crippen LogP contribution in [0.3, 0.4) is 0 Å². The summed E-state index contributed by atoms with van der Waals surface area (Å²) < 4.78 is 5.40. The van der Waals surface area contributed by atoms with Crippen molar-refractivity contribution in [2.24, 2.45) is 0 Å². The van der Waals surface area contributed by atoms with Crippen LogP contribution < -0.4 is 15.4 Å². The standard InChI is InChI=1S/C18H30N2O/c1-15(14-17-9-4-3-7-12-20-17)19-13-11-16-8-5-6-10-18(16)21-2/h5-6,8,10,15,17,19-20H,3-4,7,9,11-14H2,1-2H3. The lowest BCUT2D eigenvalue weighted by Crippen LogP contribution is -2.37. The first kappa shape index (κ1) is 16.3. The second kappa shape index (κ2) is 9.06. The Bertz CT molecular complexity index is 400. The summed E-state index contributed by atoms with van der Waals surface area (Å²) in [5, 5.41) is 7.33. The molecule has 1 aromatic rings.